The molecule has 1 fully saturated rings. The minimum Gasteiger partial charge on any atom is -0.480 e. The smallest absolute Gasteiger partial charge is 0.324 e. The van der Waals surface area contributed by atoms with Crippen LogP contribution in [0.15, 0.2) is 0 Å². The summed E-state index contributed by atoms with van der Waals surface area (Å²) in [6, 6.07) is 0. The molecule has 2 unspecified atom stereocenters. The molecule has 0 aliphatic heterocycles. The first-order valence-corrected chi connectivity index (χ1v) is 5.73. The predicted octanol–water partition coefficient (Wildman–Crippen LogP) is 1.16. The number of nitrogens with two attached hydrogens (primary N) is 1. The van der Waals surface area contributed by atoms with E-state index in [1.54, 1.807) is 34.6 Å². The first kappa shape index (κ1) is 14.0. The Balaban J connectivity index is 3.00. The molecule has 0 bridgehead atoms. The average Bonchev–Trinajstić information content (AvgIpc) is 2.72. The van der Waals surface area contributed by atoms with Gasteiger partial charge in [-0.1, -0.05) is 13.8 Å². The van der Waals surface area contributed by atoms with Crippen LogP contribution in [0.2, 0.25) is 0 Å². The molecule has 1 saturated carbocycles. The van der Waals surface area contributed by atoms with Gasteiger partial charge < -0.3 is 15.6 Å². The molecule has 1 aliphatic carbocycles. The van der Waals surface area contributed by atoms with Gasteiger partial charge in [-0.15, -0.1) is 0 Å². The van der Waals surface area contributed by atoms with Crippen molar-refractivity contribution in [1.82, 2.24) is 0 Å². The molecule has 0 aromatic carbocycles. The molecule has 3 N–H and O–H groups in total. The van der Waals surface area contributed by atoms with Crippen LogP contribution in [0.3, 0.4) is 0 Å². The van der Waals surface area contributed by atoms with Crippen molar-refractivity contribution in [3.8, 4) is 0 Å². The molecule has 0 aromatic rings. The number of esters is 1. The number of hydrogen-bond donors (Lipinski definition) is 2. The zero-order valence-electron chi connectivity index (χ0n) is 11.0. The maximum Gasteiger partial charge on any atom is 0.324 e. The molecular weight excluding hydrogens is 222 g/mol. The van der Waals surface area contributed by atoms with Gasteiger partial charge in [-0.05, 0) is 33.1 Å². The quantitative estimate of drug-likeness (QED) is 0.726. The predicted molar refractivity (Wildman–Crippen MR) is 62.3 cm³/mol. The average molecular weight is 243 g/mol. The minimum absolute atomic E-state index is 0.141. The number of hydrogen-bond acceptors (Lipinski definition) is 4. The second kappa shape index (κ2) is 3.70. The number of carboxylic acids is 1. The van der Waals surface area contributed by atoms with E-state index in [2.05, 4.69) is 0 Å². The van der Waals surface area contributed by atoms with Crippen LogP contribution in [-0.2, 0) is 14.3 Å². The summed E-state index contributed by atoms with van der Waals surface area (Å²) in [6.45, 7) is 8.84. The highest BCUT2D eigenvalue weighted by atomic mass is 16.6. The Labute approximate surface area is 101 Å². The topological polar surface area (TPSA) is 89.6 Å². The summed E-state index contributed by atoms with van der Waals surface area (Å²) < 4.78 is 5.29. The Hall–Kier alpha value is -1.10. The van der Waals surface area contributed by atoms with Gasteiger partial charge in [0.25, 0.3) is 0 Å². The molecule has 0 radical (unpaired) electrons. The van der Waals surface area contributed by atoms with Crippen LogP contribution in [0, 0.1) is 11.3 Å². The Morgan fingerprint density at radius 1 is 1.35 bits per heavy atom. The van der Waals surface area contributed by atoms with E-state index in [4.69, 9.17) is 15.6 Å². The fourth-order valence-electron chi connectivity index (χ4n) is 2.24. The molecule has 1 aliphatic rings. The van der Waals surface area contributed by atoms with Crippen LogP contribution in [0.1, 0.15) is 41.0 Å². The van der Waals surface area contributed by atoms with Crippen molar-refractivity contribution >= 4 is 11.9 Å². The van der Waals surface area contributed by atoms with Crippen molar-refractivity contribution in [2.45, 2.75) is 52.2 Å². The van der Waals surface area contributed by atoms with Gasteiger partial charge in [-0.25, -0.2) is 0 Å². The van der Waals surface area contributed by atoms with Crippen LogP contribution in [0.4, 0.5) is 0 Å². The van der Waals surface area contributed by atoms with E-state index in [0.29, 0.717) is 0 Å². The standard InChI is InChI=1S/C12H21NO4/c1-7(2)11(6-12(11,13)8(14)15)9(16)17-10(3,4)5/h7H,6,13H2,1-5H3,(H,14,15). The summed E-state index contributed by atoms with van der Waals surface area (Å²) in [6.07, 6.45) is 0.141. The zero-order valence-corrected chi connectivity index (χ0v) is 11.0. The summed E-state index contributed by atoms with van der Waals surface area (Å²) in [5.41, 5.74) is 2.58. The van der Waals surface area contributed by atoms with Crippen molar-refractivity contribution < 1.29 is 19.4 Å². The van der Waals surface area contributed by atoms with Gasteiger partial charge in [0, 0.05) is 0 Å². The molecule has 98 valence electrons. The Bertz CT molecular complexity index is 358. The van der Waals surface area contributed by atoms with Gasteiger partial charge in [-0.2, -0.15) is 0 Å². The number of carboxylic acid groups (broad SMARTS) is 1. The molecule has 5 heteroatoms. The SMILES string of the molecule is CC(C)C1(C(=O)OC(C)(C)C)CC1(N)C(=O)O. The number of carbonyl (C=O) groups is 2. The van der Waals surface area contributed by atoms with Gasteiger partial charge in [0.05, 0.1) is 0 Å². The van der Waals surface area contributed by atoms with Gasteiger partial charge in [0.1, 0.15) is 16.6 Å². The Morgan fingerprint density at radius 2 is 1.82 bits per heavy atom. The summed E-state index contributed by atoms with van der Waals surface area (Å²) in [5, 5.41) is 9.11. The molecular formula is C12H21NO4. The number of rotatable bonds is 3. The second-order valence-corrected chi connectivity index (χ2v) is 6.08. The Kier molecular flexibility index (Phi) is 3.04. The molecule has 0 saturated heterocycles. The van der Waals surface area contributed by atoms with E-state index in [0.717, 1.165) is 0 Å². The molecule has 0 aromatic heterocycles. The zero-order chi connectivity index (χ0) is 13.6. The molecule has 17 heavy (non-hydrogen) atoms. The first-order valence-electron chi connectivity index (χ1n) is 5.73. The molecule has 0 heterocycles. The van der Waals surface area contributed by atoms with E-state index in [1.807, 2.05) is 0 Å². The Morgan fingerprint density at radius 3 is 2.06 bits per heavy atom. The van der Waals surface area contributed by atoms with Gasteiger partial charge in [0.15, 0.2) is 0 Å². The molecule has 0 spiro atoms. The van der Waals surface area contributed by atoms with Gasteiger partial charge in [-0.3, -0.25) is 9.59 Å². The lowest BCUT2D eigenvalue weighted by atomic mass is 9.87. The lowest BCUT2D eigenvalue weighted by Gasteiger charge is -2.27. The van der Waals surface area contributed by atoms with Crippen molar-refractivity contribution in [2.75, 3.05) is 0 Å². The highest BCUT2D eigenvalue weighted by molar-refractivity contribution is 5.97. The first-order chi connectivity index (χ1) is 7.47. The second-order valence-electron chi connectivity index (χ2n) is 6.08. The number of aliphatic carboxylic acids is 1. The van der Waals surface area contributed by atoms with Crippen molar-refractivity contribution in [1.29, 1.82) is 0 Å². The van der Waals surface area contributed by atoms with E-state index in [-0.39, 0.29) is 12.3 Å². The molecule has 1 rings (SSSR count). The highest BCUT2D eigenvalue weighted by Gasteiger charge is 2.77. The van der Waals surface area contributed by atoms with Crippen LogP contribution < -0.4 is 5.73 Å². The molecule has 2 atom stereocenters. The van der Waals surface area contributed by atoms with Gasteiger partial charge in [0.2, 0.25) is 0 Å². The normalized spacial score (nSPS) is 32.4. The highest BCUT2D eigenvalue weighted by Crippen LogP contribution is 2.60. The third-order valence-corrected chi connectivity index (χ3v) is 3.36. The fourth-order valence-corrected chi connectivity index (χ4v) is 2.24. The lowest BCUT2D eigenvalue weighted by Crippen LogP contribution is -2.46. The van der Waals surface area contributed by atoms with Crippen LogP contribution in [0.25, 0.3) is 0 Å². The summed E-state index contributed by atoms with van der Waals surface area (Å²) >= 11 is 0. The molecule has 0 amide bonds. The minimum atomic E-state index is -1.48. The van der Waals surface area contributed by atoms with Crippen LogP contribution >= 0.6 is 0 Å². The van der Waals surface area contributed by atoms with E-state index in [9.17, 15) is 9.59 Å². The van der Waals surface area contributed by atoms with Crippen molar-refractivity contribution in [3.63, 3.8) is 0 Å². The lowest BCUT2D eigenvalue weighted by molar-refractivity contribution is -0.167. The number of ether oxygens (including phenoxy) is 1. The monoisotopic (exact) mass is 243 g/mol. The fraction of sp³-hybridized carbons (Fsp3) is 0.833. The number of carbonyl (C=O) groups excluding carboxylic acids is 1. The van der Waals surface area contributed by atoms with Crippen LogP contribution in [-0.4, -0.2) is 28.2 Å². The summed E-state index contributed by atoms with van der Waals surface area (Å²) in [7, 11) is 0. The van der Waals surface area contributed by atoms with Crippen molar-refractivity contribution in [3.05, 3.63) is 0 Å². The maximum absolute atomic E-state index is 12.1. The van der Waals surface area contributed by atoms with Gasteiger partial charge >= 0.3 is 11.9 Å². The van der Waals surface area contributed by atoms with Crippen molar-refractivity contribution in [2.24, 2.45) is 17.1 Å². The maximum atomic E-state index is 12.1. The molecule has 5 nitrogen and oxygen atoms in total. The third kappa shape index (κ3) is 2.04. The third-order valence-electron chi connectivity index (χ3n) is 3.36. The van der Waals surface area contributed by atoms with Crippen LogP contribution in [0.5, 0.6) is 0 Å². The van der Waals surface area contributed by atoms with E-state index < -0.39 is 28.5 Å². The van der Waals surface area contributed by atoms with E-state index in [1.165, 1.54) is 0 Å². The summed E-state index contributed by atoms with van der Waals surface area (Å²) in [5.74, 6) is -1.82. The summed E-state index contributed by atoms with van der Waals surface area (Å²) in [4.78, 5) is 23.3. The largest absolute Gasteiger partial charge is 0.480 e. The van der Waals surface area contributed by atoms with E-state index >= 15 is 0 Å².